The second-order valence-corrected chi connectivity index (χ2v) is 20.9. The molecule has 0 unspecified atom stereocenters. The summed E-state index contributed by atoms with van der Waals surface area (Å²) >= 11 is 0. The molecule has 0 spiro atoms. The maximum atomic E-state index is 6.88. The van der Waals surface area contributed by atoms with Crippen molar-refractivity contribution in [1.82, 2.24) is 0 Å². The molecule has 7 aromatic carbocycles. The van der Waals surface area contributed by atoms with Gasteiger partial charge in [-0.05, 0) is 142 Å². The zero-order valence-corrected chi connectivity index (χ0v) is 45.0. The van der Waals surface area contributed by atoms with E-state index in [0.717, 1.165) is 67.9 Å². The molecule has 0 aliphatic rings. The number of hydrogen-bond donors (Lipinski definition) is 0. The minimum Gasteiger partial charge on any atom is -0.489 e. The summed E-state index contributed by atoms with van der Waals surface area (Å²) in [5.74, 6) is 7.01. The van der Waals surface area contributed by atoms with E-state index in [9.17, 15) is 0 Å². The molecule has 0 heterocycles. The first kappa shape index (κ1) is 53.1. The van der Waals surface area contributed by atoms with Crippen LogP contribution in [0.4, 0.5) is 0 Å². The molecule has 0 atom stereocenters. The SMILES string of the molecule is CC(C)c1ccc(OCc2c(COc3ccc(C(C)C)cc3)c(COc3ccc(C(C)C)cc3)c(COc3ccc(C(C)C)cc3)c(COc3ccc(C(C)C)cc3)c2COc2ccc(C(C)C)cc2)cc1. The van der Waals surface area contributed by atoms with Crippen LogP contribution in [0.15, 0.2) is 146 Å². The number of rotatable bonds is 24. The first-order valence-electron chi connectivity index (χ1n) is 26.2. The van der Waals surface area contributed by atoms with Gasteiger partial charge in [0.25, 0.3) is 0 Å². The van der Waals surface area contributed by atoms with Crippen LogP contribution in [-0.4, -0.2) is 0 Å². The topological polar surface area (TPSA) is 55.4 Å². The molecule has 0 saturated carbocycles. The van der Waals surface area contributed by atoms with Crippen molar-refractivity contribution in [3.63, 3.8) is 0 Å². The summed E-state index contributed by atoms with van der Waals surface area (Å²) < 4.78 is 41.3. The molecule has 0 amide bonds. The maximum absolute atomic E-state index is 6.88. The fourth-order valence-corrected chi connectivity index (χ4v) is 8.76. The van der Waals surface area contributed by atoms with Crippen LogP contribution in [0.5, 0.6) is 34.5 Å². The molecule has 0 saturated heterocycles. The third-order valence-corrected chi connectivity index (χ3v) is 13.8. The Morgan fingerprint density at radius 3 is 0.403 bits per heavy atom. The third kappa shape index (κ3) is 14.3. The van der Waals surface area contributed by atoms with Gasteiger partial charge in [0.2, 0.25) is 0 Å². The van der Waals surface area contributed by atoms with Gasteiger partial charge in [0.1, 0.15) is 74.1 Å². The van der Waals surface area contributed by atoms with Crippen molar-refractivity contribution >= 4 is 0 Å². The van der Waals surface area contributed by atoms with E-state index in [1.807, 2.05) is 0 Å². The first-order valence-corrected chi connectivity index (χ1v) is 26.2. The Balaban J connectivity index is 1.44. The van der Waals surface area contributed by atoms with E-state index >= 15 is 0 Å². The van der Waals surface area contributed by atoms with Crippen molar-refractivity contribution in [2.24, 2.45) is 0 Å². The molecular weight excluding hydrogens is 889 g/mol. The highest BCUT2D eigenvalue weighted by Crippen LogP contribution is 2.36. The smallest absolute Gasteiger partial charge is 0.119 e. The van der Waals surface area contributed by atoms with Crippen molar-refractivity contribution in [1.29, 1.82) is 0 Å². The van der Waals surface area contributed by atoms with Gasteiger partial charge in [-0.25, -0.2) is 0 Å². The van der Waals surface area contributed by atoms with Gasteiger partial charge >= 0.3 is 0 Å². The molecule has 0 fully saturated rings. The summed E-state index contributed by atoms with van der Waals surface area (Å²) in [7, 11) is 0. The molecule has 0 N–H and O–H groups in total. The molecule has 0 aliphatic heterocycles. The van der Waals surface area contributed by atoms with Crippen molar-refractivity contribution in [3.8, 4) is 34.5 Å². The maximum Gasteiger partial charge on any atom is 0.119 e. The number of benzene rings is 7. The highest BCUT2D eigenvalue weighted by molar-refractivity contribution is 5.53. The Labute approximate surface area is 431 Å². The Hall–Kier alpha value is -6.66. The van der Waals surface area contributed by atoms with Gasteiger partial charge in [-0.15, -0.1) is 0 Å². The fourth-order valence-electron chi connectivity index (χ4n) is 8.76. The Morgan fingerprint density at radius 1 is 0.194 bits per heavy atom. The molecule has 378 valence electrons. The molecule has 7 aromatic rings. The van der Waals surface area contributed by atoms with Crippen LogP contribution in [0.25, 0.3) is 0 Å². The first-order chi connectivity index (χ1) is 34.6. The normalized spacial score (nSPS) is 11.6. The minimum atomic E-state index is 0.237. The lowest BCUT2D eigenvalue weighted by atomic mass is 9.87. The summed E-state index contributed by atoms with van der Waals surface area (Å²) in [4.78, 5) is 0. The van der Waals surface area contributed by atoms with Crippen LogP contribution in [0.1, 0.15) is 185 Å². The molecule has 72 heavy (non-hydrogen) atoms. The molecule has 0 aliphatic carbocycles. The zero-order chi connectivity index (χ0) is 51.3. The predicted molar refractivity (Wildman–Crippen MR) is 296 cm³/mol. The van der Waals surface area contributed by atoms with E-state index < -0.39 is 0 Å². The van der Waals surface area contributed by atoms with Gasteiger partial charge in [0.15, 0.2) is 0 Å². The van der Waals surface area contributed by atoms with Crippen LogP contribution in [0, 0.1) is 0 Å². The third-order valence-electron chi connectivity index (χ3n) is 13.8. The minimum absolute atomic E-state index is 0.237. The van der Waals surface area contributed by atoms with E-state index in [2.05, 4.69) is 229 Å². The predicted octanol–water partition coefficient (Wildman–Crippen LogP) is 17.9. The monoisotopic (exact) mass is 967 g/mol. The van der Waals surface area contributed by atoms with Crippen LogP contribution in [-0.2, 0) is 39.6 Å². The average molecular weight is 967 g/mol. The van der Waals surface area contributed by atoms with Gasteiger partial charge in [0, 0.05) is 33.4 Å². The Bertz CT molecular complexity index is 2230. The second kappa shape index (κ2) is 25.1. The lowest BCUT2D eigenvalue weighted by Crippen LogP contribution is -2.21. The lowest BCUT2D eigenvalue weighted by Gasteiger charge is -2.28. The largest absolute Gasteiger partial charge is 0.489 e. The molecule has 6 heteroatoms. The van der Waals surface area contributed by atoms with E-state index in [1.165, 1.54) is 33.4 Å². The molecular formula is C66H78O6. The lowest BCUT2D eigenvalue weighted by molar-refractivity contribution is 0.249. The highest BCUT2D eigenvalue weighted by atomic mass is 16.5. The van der Waals surface area contributed by atoms with Crippen LogP contribution in [0.3, 0.4) is 0 Å². The van der Waals surface area contributed by atoms with Gasteiger partial charge in [0.05, 0.1) is 0 Å². The Kier molecular flexibility index (Phi) is 18.6. The van der Waals surface area contributed by atoms with Crippen molar-refractivity contribution < 1.29 is 28.4 Å². The van der Waals surface area contributed by atoms with Crippen molar-refractivity contribution in [2.45, 2.75) is 158 Å². The fraction of sp³-hybridized carbons (Fsp3) is 0.364. The molecule has 0 aromatic heterocycles. The van der Waals surface area contributed by atoms with Crippen molar-refractivity contribution in [2.75, 3.05) is 0 Å². The molecule has 6 nitrogen and oxygen atoms in total. The average Bonchev–Trinajstić information content (AvgIpc) is 3.38. The zero-order valence-electron chi connectivity index (χ0n) is 45.0. The molecule has 7 rings (SSSR count). The summed E-state index contributed by atoms with van der Waals surface area (Å²) in [5.41, 5.74) is 13.2. The Morgan fingerprint density at radius 2 is 0.306 bits per heavy atom. The van der Waals surface area contributed by atoms with Crippen LogP contribution < -0.4 is 28.4 Å². The van der Waals surface area contributed by atoms with E-state index in [4.69, 9.17) is 28.4 Å². The van der Waals surface area contributed by atoms with E-state index in [0.29, 0.717) is 35.5 Å². The second-order valence-electron chi connectivity index (χ2n) is 20.9. The molecule has 0 radical (unpaired) electrons. The number of hydrogen-bond acceptors (Lipinski definition) is 6. The summed E-state index contributed by atoms with van der Waals surface area (Å²) in [5, 5.41) is 0. The van der Waals surface area contributed by atoms with Crippen molar-refractivity contribution in [3.05, 3.63) is 212 Å². The van der Waals surface area contributed by atoms with E-state index in [-0.39, 0.29) is 39.6 Å². The van der Waals surface area contributed by atoms with Crippen LogP contribution in [0.2, 0.25) is 0 Å². The molecule has 0 bridgehead atoms. The standard InChI is InChI=1S/C66H78O6/c1-43(2)49-13-25-55(26-14-49)67-37-61-62(38-68-56-27-15-50(16-28-56)44(3)4)64(40-70-58-31-19-52(20-32-58)46(7)8)66(42-72-60-35-23-54(24-36-60)48(11)12)65(41-71-59-33-21-53(22-34-59)47(9)10)63(61)39-69-57-29-17-51(18-30-57)45(5)6/h13-36,43-48H,37-42H2,1-12H3. The quantitative estimate of drug-likeness (QED) is 0.0601. The summed E-state index contributed by atoms with van der Waals surface area (Å²) in [6.07, 6.45) is 0. The summed E-state index contributed by atoms with van der Waals surface area (Å²) in [6.45, 7) is 27.9. The van der Waals surface area contributed by atoms with Crippen LogP contribution >= 0.6 is 0 Å². The van der Waals surface area contributed by atoms with Gasteiger partial charge < -0.3 is 28.4 Å². The van der Waals surface area contributed by atoms with Gasteiger partial charge in [-0.3, -0.25) is 0 Å². The van der Waals surface area contributed by atoms with Gasteiger partial charge in [-0.2, -0.15) is 0 Å². The highest BCUT2D eigenvalue weighted by Gasteiger charge is 2.27. The number of ether oxygens (including phenoxy) is 6. The summed E-state index contributed by atoms with van der Waals surface area (Å²) in [6, 6.07) is 50.6. The van der Waals surface area contributed by atoms with E-state index in [1.54, 1.807) is 0 Å². The van der Waals surface area contributed by atoms with Gasteiger partial charge in [-0.1, -0.05) is 156 Å².